The molecule has 0 radical (unpaired) electrons. The Morgan fingerprint density at radius 2 is 1.96 bits per heavy atom. The summed E-state index contributed by atoms with van der Waals surface area (Å²) in [6.07, 6.45) is 5.58. The van der Waals surface area contributed by atoms with Gasteiger partial charge in [0.2, 0.25) is 0 Å². The average molecular weight is 351 g/mol. The quantitative estimate of drug-likeness (QED) is 0.854. The number of sulfonamides is 1. The lowest BCUT2D eigenvalue weighted by molar-refractivity contribution is 0.222. The lowest BCUT2D eigenvalue weighted by Crippen LogP contribution is -2.45. The van der Waals surface area contributed by atoms with Gasteiger partial charge in [-0.25, -0.2) is 8.42 Å². The molecule has 4 heterocycles. The maximum Gasteiger partial charge on any atom is 0.253 e. The zero-order valence-corrected chi connectivity index (χ0v) is 15.0. The van der Waals surface area contributed by atoms with Gasteiger partial charge in [-0.05, 0) is 55.7 Å². The molecule has 2 aromatic heterocycles. The number of aryl methyl sites for hydroxylation is 2. The van der Waals surface area contributed by atoms with E-state index in [-0.39, 0.29) is 12.1 Å². The highest BCUT2D eigenvalue weighted by molar-refractivity contribution is 7.91. The summed E-state index contributed by atoms with van der Waals surface area (Å²) in [4.78, 5) is 0. The largest absolute Gasteiger partial charge is 0.272 e. The molecule has 4 rings (SSSR count). The highest BCUT2D eigenvalue weighted by Gasteiger charge is 2.48. The maximum atomic E-state index is 13.0. The van der Waals surface area contributed by atoms with Crippen LogP contribution in [0, 0.1) is 6.92 Å². The molecule has 0 spiro atoms. The van der Waals surface area contributed by atoms with Crippen LogP contribution in [0.4, 0.5) is 0 Å². The summed E-state index contributed by atoms with van der Waals surface area (Å²) in [6.45, 7) is 1.94. The number of nitrogens with zero attached hydrogens (tertiary/aromatic N) is 3. The third kappa shape index (κ3) is 2.45. The van der Waals surface area contributed by atoms with Crippen LogP contribution in [-0.4, -0.2) is 34.6 Å². The van der Waals surface area contributed by atoms with E-state index in [1.54, 1.807) is 6.07 Å². The Labute approximate surface area is 141 Å². The molecule has 124 valence electrons. The van der Waals surface area contributed by atoms with E-state index >= 15 is 0 Å². The number of fused-ring (bicyclic) bond motifs is 2. The predicted octanol–water partition coefficient (Wildman–Crippen LogP) is 2.89. The Balaban J connectivity index is 1.63. The standard InChI is InChI=1S/C16H21N3O2S2/c1-11-7-16(22-10-11)23(20,21)19-13-3-4-14(19)9-12(8-13)15-5-6-17-18(15)2/h5-7,10,12-14H,3-4,8-9H2,1-2H3. The van der Waals surface area contributed by atoms with Crippen LogP contribution in [0.3, 0.4) is 0 Å². The van der Waals surface area contributed by atoms with Crippen LogP contribution in [0.15, 0.2) is 27.9 Å². The third-order valence-corrected chi connectivity index (χ3v) is 8.72. The van der Waals surface area contributed by atoms with E-state index < -0.39 is 10.0 Å². The van der Waals surface area contributed by atoms with Gasteiger partial charge in [-0.3, -0.25) is 4.68 Å². The molecule has 0 N–H and O–H groups in total. The Hall–Kier alpha value is -1.18. The van der Waals surface area contributed by atoms with E-state index in [1.807, 2.05) is 34.5 Å². The zero-order chi connectivity index (χ0) is 16.2. The van der Waals surface area contributed by atoms with Crippen LogP contribution < -0.4 is 0 Å². The number of piperidine rings is 1. The fourth-order valence-electron chi connectivity index (χ4n) is 4.20. The zero-order valence-electron chi connectivity index (χ0n) is 13.3. The van der Waals surface area contributed by atoms with Crippen molar-refractivity contribution in [2.24, 2.45) is 7.05 Å². The summed E-state index contributed by atoms with van der Waals surface area (Å²) < 4.78 is 30.3. The number of hydrogen-bond donors (Lipinski definition) is 0. The average Bonchev–Trinajstić information content (AvgIpc) is 3.18. The first-order valence-electron chi connectivity index (χ1n) is 8.03. The van der Waals surface area contributed by atoms with Gasteiger partial charge in [0.05, 0.1) is 0 Å². The third-order valence-electron chi connectivity index (χ3n) is 5.18. The van der Waals surface area contributed by atoms with E-state index in [4.69, 9.17) is 0 Å². The molecule has 2 unspecified atom stereocenters. The van der Waals surface area contributed by atoms with Crippen LogP contribution in [0.2, 0.25) is 0 Å². The fourth-order valence-corrected chi connectivity index (χ4v) is 7.42. The number of thiophene rings is 1. The summed E-state index contributed by atoms with van der Waals surface area (Å²) >= 11 is 1.34. The molecule has 2 atom stereocenters. The monoisotopic (exact) mass is 351 g/mol. The van der Waals surface area contributed by atoms with Crippen LogP contribution in [0.25, 0.3) is 0 Å². The van der Waals surface area contributed by atoms with Crippen LogP contribution >= 0.6 is 11.3 Å². The molecule has 0 aromatic carbocycles. The maximum absolute atomic E-state index is 13.0. The van der Waals surface area contributed by atoms with Gasteiger partial charge in [0, 0.05) is 36.9 Å². The molecule has 0 saturated carbocycles. The number of hydrogen-bond acceptors (Lipinski definition) is 4. The number of aromatic nitrogens is 2. The van der Waals surface area contributed by atoms with E-state index in [2.05, 4.69) is 11.2 Å². The van der Waals surface area contributed by atoms with Crippen LogP contribution in [-0.2, 0) is 17.1 Å². The second-order valence-electron chi connectivity index (χ2n) is 6.71. The van der Waals surface area contributed by atoms with Crippen molar-refractivity contribution in [3.63, 3.8) is 0 Å². The van der Waals surface area contributed by atoms with Gasteiger partial charge >= 0.3 is 0 Å². The molecular formula is C16H21N3O2S2. The summed E-state index contributed by atoms with van der Waals surface area (Å²) in [7, 11) is -1.38. The molecular weight excluding hydrogens is 330 g/mol. The molecule has 2 aliphatic heterocycles. The minimum Gasteiger partial charge on any atom is -0.272 e. The molecule has 0 amide bonds. The lowest BCUT2D eigenvalue weighted by Gasteiger charge is -2.37. The summed E-state index contributed by atoms with van der Waals surface area (Å²) in [5, 5.41) is 6.18. The molecule has 23 heavy (non-hydrogen) atoms. The highest BCUT2D eigenvalue weighted by atomic mass is 32.2. The SMILES string of the molecule is Cc1csc(S(=O)(=O)N2C3CCC2CC(c2ccnn2C)C3)c1. The van der Waals surface area contributed by atoms with Crippen molar-refractivity contribution in [3.8, 4) is 0 Å². The van der Waals surface area contributed by atoms with E-state index in [0.29, 0.717) is 10.1 Å². The second kappa shape index (κ2) is 5.43. The molecule has 2 aliphatic rings. The van der Waals surface area contributed by atoms with Gasteiger partial charge in [0.1, 0.15) is 4.21 Å². The Kier molecular flexibility index (Phi) is 3.62. The molecule has 2 bridgehead atoms. The van der Waals surface area contributed by atoms with Crippen molar-refractivity contribution in [1.29, 1.82) is 0 Å². The van der Waals surface area contributed by atoms with E-state index in [1.165, 1.54) is 17.0 Å². The fraction of sp³-hybridized carbons (Fsp3) is 0.562. The van der Waals surface area contributed by atoms with Gasteiger partial charge in [-0.1, -0.05) is 0 Å². The van der Waals surface area contributed by atoms with Crippen LogP contribution in [0.1, 0.15) is 42.9 Å². The predicted molar refractivity (Wildman–Crippen MR) is 90.1 cm³/mol. The minimum atomic E-state index is -3.35. The number of rotatable bonds is 3. The first kappa shape index (κ1) is 15.4. The van der Waals surface area contributed by atoms with Crippen molar-refractivity contribution >= 4 is 21.4 Å². The van der Waals surface area contributed by atoms with Gasteiger partial charge in [0.15, 0.2) is 0 Å². The summed E-state index contributed by atoms with van der Waals surface area (Å²) in [5.41, 5.74) is 2.25. The second-order valence-corrected chi connectivity index (χ2v) is 9.69. The van der Waals surface area contributed by atoms with Gasteiger partial charge in [-0.15, -0.1) is 11.3 Å². The Morgan fingerprint density at radius 1 is 1.26 bits per heavy atom. The smallest absolute Gasteiger partial charge is 0.253 e. The minimum absolute atomic E-state index is 0.126. The van der Waals surface area contributed by atoms with E-state index in [0.717, 1.165) is 31.2 Å². The van der Waals surface area contributed by atoms with Crippen molar-refractivity contribution < 1.29 is 8.42 Å². The molecule has 2 fully saturated rings. The van der Waals surface area contributed by atoms with Crippen molar-refractivity contribution in [2.75, 3.05) is 0 Å². The van der Waals surface area contributed by atoms with Gasteiger partial charge in [0.25, 0.3) is 10.0 Å². The first-order valence-corrected chi connectivity index (χ1v) is 10.4. The Morgan fingerprint density at radius 3 is 2.48 bits per heavy atom. The van der Waals surface area contributed by atoms with Gasteiger partial charge < -0.3 is 0 Å². The molecule has 0 aliphatic carbocycles. The summed E-state index contributed by atoms with van der Waals surface area (Å²) in [6, 6.07) is 4.12. The van der Waals surface area contributed by atoms with Crippen LogP contribution in [0.5, 0.6) is 0 Å². The van der Waals surface area contributed by atoms with Gasteiger partial charge in [-0.2, -0.15) is 9.40 Å². The normalized spacial score (nSPS) is 28.3. The Bertz CT molecular complexity index is 810. The topological polar surface area (TPSA) is 55.2 Å². The van der Waals surface area contributed by atoms with Crippen molar-refractivity contribution in [3.05, 3.63) is 35.0 Å². The highest BCUT2D eigenvalue weighted by Crippen LogP contribution is 2.45. The van der Waals surface area contributed by atoms with Crippen molar-refractivity contribution in [2.45, 2.75) is 54.8 Å². The summed E-state index contributed by atoms with van der Waals surface area (Å²) in [5.74, 6) is 0.413. The molecule has 5 nitrogen and oxygen atoms in total. The molecule has 2 saturated heterocycles. The first-order chi connectivity index (χ1) is 11.0. The molecule has 7 heteroatoms. The van der Waals surface area contributed by atoms with E-state index in [9.17, 15) is 8.42 Å². The van der Waals surface area contributed by atoms with Crippen molar-refractivity contribution in [1.82, 2.24) is 14.1 Å². The lowest BCUT2D eigenvalue weighted by atomic mass is 9.89. The molecule has 2 aromatic rings.